The van der Waals surface area contributed by atoms with E-state index in [9.17, 15) is 18.0 Å². The maximum absolute atomic E-state index is 13.1. The number of nitrogens with zero attached hydrogens (tertiary/aromatic N) is 6. The normalized spacial score (nSPS) is 14.0. The highest BCUT2D eigenvalue weighted by molar-refractivity contribution is 6.39. The zero-order valence-electron chi connectivity index (χ0n) is 22.6. The van der Waals surface area contributed by atoms with Crippen molar-refractivity contribution in [3.05, 3.63) is 83.9 Å². The van der Waals surface area contributed by atoms with Gasteiger partial charge in [0.25, 0.3) is 5.91 Å². The fraction of sp³-hybridized carbons (Fsp3) is 0.286. The van der Waals surface area contributed by atoms with Crippen LogP contribution in [0.15, 0.2) is 67.3 Å². The highest BCUT2D eigenvalue weighted by Crippen LogP contribution is 2.32. The Morgan fingerprint density at radius 2 is 1.90 bits per heavy atom. The molecule has 2 aromatic carbocycles. The minimum Gasteiger partial charge on any atom is -0.379 e. The van der Waals surface area contributed by atoms with E-state index in [1.54, 1.807) is 35.2 Å². The average molecular weight is 601 g/mol. The highest BCUT2D eigenvalue weighted by atomic mass is 35.5. The molecule has 1 saturated heterocycles. The number of alkyl halides is 3. The summed E-state index contributed by atoms with van der Waals surface area (Å²) >= 11 is 6.32. The molecule has 10 nitrogen and oxygen atoms in total. The second kappa shape index (κ2) is 12.8. The maximum Gasteiger partial charge on any atom is 0.416 e. The van der Waals surface area contributed by atoms with Gasteiger partial charge in [-0.15, -0.1) is 0 Å². The second-order valence-corrected chi connectivity index (χ2v) is 9.89. The van der Waals surface area contributed by atoms with Crippen molar-refractivity contribution >= 4 is 40.8 Å². The monoisotopic (exact) mass is 600 g/mol. The molecule has 42 heavy (non-hydrogen) atoms. The van der Waals surface area contributed by atoms with Crippen LogP contribution in [0.2, 0.25) is 0 Å². The van der Waals surface area contributed by atoms with Gasteiger partial charge in [-0.05, 0) is 42.8 Å². The summed E-state index contributed by atoms with van der Waals surface area (Å²) in [6, 6.07) is 10.9. The van der Waals surface area contributed by atoms with Gasteiger partial charge in [-0.1, -0.05) is 12.1 Å². The number of benzene rings is 2. The van der Waals surface area contributed by atoms with E-state index in [2.05, 4.69) is 30.5 Å². The molecule has 3 heterocycles. The number of morpholine rings is 1. The summed E-state index contributed by atoms with van der Waals surface area (Å²) in [4.78, 5) is 28.4. The molecule has 4 aromatic rings. The van der Waals surface area contributed by atoms with Crippen LogP contribution in [0.5, 0.6) is 0 Å². The van der Waals surface area contributed by atoms with Crippen LogP contribution >= 0.6 is 11.8 Å². The summed E-state index contributed by atoms with van der Waals surface area (Å²) in [6.45, 7) is 6.73. The number of anilines is 4. The van der Waals surface area contributed by atoms with E-state index in [4.69, 9.17) is 16.5 Å². The predicted molar refractivity (Wildman–Crippen MR) is 153 cm³/mol. The molecule has 14 heteroatoms. The Morgan fingerprint density at radius 3 is 2.69 bits per heavy atom. The molecule has 1 aliphatic heterocycles. The van der Waals surface area contributed by atoms with Crippen molar-refractivity contribution in [2.24, 2.45) is 0 Å². The lowest BCUT2D eigenvalue weighted by molar-refractivity contribution is -0.137. The number of carbonyl (C=O) groups excluding carboxylic acids is 1. The molecule has 5 rings (SSSR count). The van der Waals surface area contributed by atoms with Gasteiger partial charge in [0.05, 0.1) is 24.5 Å². The number of rotatable bonds is 9. The predicted octanol–water partition coefficient (Wildman–Crippen LogP) is 5.28. The van der Waals surface area contributed by atoms with Crippen molar-refractivity contribution in [3.8, 4) is 5.82 Å². The fourth-order valence-corrected chi connectivity index (χ4v) is 4.57. The maximum atomic E-state index is 13.1. The van der Waals surface area contributed by atoms with E-state index >= 15 is 0 Å². The molecule has 1 fully saturated rings. The third-order valence-corrected chi connectivity index (χ3v) is 7.04. The van der Waals surface area contributed by atoms with Crippen LogP contribution in [-0.4, -0.2) is 69.7 Å². The minimum atomic E-state index is -4.58. The molecule has 0 bridgehead atoms. The Kier molecular flexibility index (Phi) is 8.90. The first kappa shape index (κ1) is 29.3. The van der Waals surface area contributed by atoms with Crippen LogP contribution < -0.4 is 15.1 Å². The number of ether oxygens (including phenoxy) is 1. The van der Waals surface area contributed by atoms with Crippen molar-refractivity contribution < 1.29 is 22.7 Å². The molecular weight excluding hydrogens is 573 g/mol. The molecule has 0 radical (unpaired) electrons. The molecule has 1 aliphatic rings. The number of hydrogen-bond acceptors (Lipinski definition) is 8. The Bertz CT molecular complexity index is 1540. The number of amides is 1. The van der Waals surface area contributed by atoms with Gasteiger partial charge in [-0.25, -0.2) is 19.4 Å². The van der Waals surface area contributed by atoms with E-state index < -0.39 is 17.6 Å². The number of nitrogens with one attached hydrogen (secondary N) is 2. The number of hydrogen-bond donors (Lipinski definition) is 2. The third kappa shape index (κ3) is 6.98. The number of aromatic nitrogens is 4. The molecule has 1 amide bonds. The Morgan fingerprint density at radius 1 is 1.10 bits per heavy atom. The van der Waals surface area contributed by atoms with Crippen molar-refractivity contribution in [3.63, 3.8) is 0 Å². The molecule has 0 aliphatic carbocycles. The van der Waals surface area contributed by atoms with Gasteiger partial charge in [0.15, 0.2) is 0 Å². The van der Waals surface area contributed by atoms with Crippen LogP contribution in [0, 0.1) is 6.92 Å². The van der Waals surface area contributed by atoms with E-state index in [1.165, 1.54) is 18.5 Å². The van der Waals surface area contributed by atoms with Crippen LogP contribution in [0.1, 0.15) is 21.5 Å². The quantitative estimate of drug-likeness (QED) is 0.250. The molecule has 220 valence electrons. The van der Waals surface area contributed by atoms with Gasteiger partial charge in [0, 0.05) is 67.7 Å². The molecule has 2 aromatic heterocycles. The van der Waals surface area contributed by atoms with E-state index in [0.717, 1.165) is 55.0 Å². The van der Waals surface area contributed by atoms with Crippen molar-refractivity contribution in [1.82, 2.24) is 24.4 Å². The Labute approximate surface area is 245 Å². The summed E-state index contributed by atoms with van der Waals surface area (Å²) in [5.41, 5.74) is 0.540. The van der Waals surface area contributed by atoms with E-state index in [1.807, 2.05) is 13.0 Å². The summed E-state index contributed by atoms with van der Waals surface area (Å²) in [6.07, 6.45) is 0.235. The van der Waals surface area contributed by atoms with Crippen molar-refractivity contribution in [2.75, 3.05) is 54.4 Å². The number of carbonyl (C=O) groups is 1. The summed E-state index contributed by atoms with van der Waals surface area (Å²) < 4.78 is 47.3. The largest absolute Gasteiger partial charge is 0.416 e. The first-order valence-electron chi connectivity index (χ1n) is 13.1. The first-order chi connectivity index (χ1) is 20.2. The number of halogens is 4. The van der Waals surface area contributed by atoms with Gasteiger partial charge < -0.3 is 15.4 Å². The average Bonchev–Trinajstić information content (AvgIpc) is 3.46. The van der Waals surface area contributed by atoms with Gasteiger partial charge >= 0.3 is 6.18 Å². The lowest BCUT2D eigenvalue weighted by Crippen LogP contribution is -2.39. The topological polar surface area (TPSA) is 100 Å². The van der Waals surface area contributed by atoms with Crippen LogP contribution in [0.25, 0.3) is 5.82 Å². The smallest absolute Gasteiger partial charge is 0.379 e. The van der Waals surface area contributed by atoms with Crippen molar-refractivity contribution in [2.45, 2.75) is 13.1 Å². The summed E-state index contributed by atoms with van der Waals surface area (Å²) in [7, 11) is 0. The van der Waals surface area contributed by atoms with E-state index in [-0.39, 0.29) is 11.3 Å². The third-order valence-electron chi connectivity index (χ3n) is 6.69. The number of aryl methyl sites for hydroxylation is 1. The second-order valence-electron chi connectivity index (χ2n) is 9.55. The fourth-order valence-electron chi connectivity index (χ4n) is 4.37. The zero-order chi connectivity index (χ0) is 29.7. The molecule has 0 unspecified atom stereocenters. The number of imidazole rings is 1. The summed E-state index contributed by atoms with van der Waals surface area (Å²) in [5, 5.41) is 6.56. The molecular formula is C28H28ClF3N8O2. The minimum absolute atomic E-state index is 0.191. The van der Waals surface area contributed by atoms with Crippen LogP contribution in [0.4, 0.5) is 36.3 Å². The van der Waals surface area contributed by atoms with Gasteiger partial charge in [-0.3, -0.25) is 14.3 Å². The van der Waals surface area contributed by atoms with Crippen LogP contribution in [-0.2, 0) is 10.9 Å². The zero-order valence-corrected chi connectivity index (χ0v) is 23.4. The summed E-state index contributed by atoms with van der Waals surface area (Å²) in [5.74, 6) is 0.885. The van der Waals surface area contributed by atoms with Gasteiger partial charge in [-0.2, -0.15) is 13.2 Å². The van der Waals surface area contributed by atoms with Gasteiger partial charge in [0.1, 0.15) is 18.0 Å². The lowest BCUT2D eigenvalue weighted by Gasteiger charge is -2.26. The van der Waals surface area contributed by atoms with Crippen LogP contribution in [0.3, 0.4) is 0 Å². The molecule has 0 spiro atoms. The van der Waals surface area contributed by atoms with E-state index in [0.29, 0.717) is 29.8 Å². The Balaban J connectivity index is 1.30. The molecule has 0 saturated carbocycles. The molecule has 0 atom stereocenters. The molecule has 2 N–H and O–H groups in total. The Hall–Kier alpha value is -4.20. The van der Waals surface area contributed by atoms with Crippen molar-refractivity contribution in [1.29, 1.82) is 0 Å². The standard InChI is InChI=1S/C28H28ClF3N8O2/c1-19-5-6-22(40(29)26(41)20-3-2-4-21(15-20)28(30,31)32)16-23(19)37-27-34-8-10-39(27)25-17-24(35-18-36-25)33-7-9-38-11-13-42-14-12-38/h2-6,8,10,15-18H,7,9,11-14H2,1H3,(H,34,37)(H,33,35,36). The van der Waals surface area contributed by atoms with Gasteiger partial charge in [0.2, 0.25) is 5.95 Å². The highest BCUT2D eigenvalue weighted by Gasteiger charge is 2.31. The SMILES string of the molecule is Cc1ccc(N(Cl)C(=O)c2cccc(C(F)(F)F)c2)cc1Nc1nccn1-c1cc(NCCN2CCOCC2)ncn1. The first-order valence-corrected chi connectivity index (χ1v) is 13.5. The lowest BCUT2D eigenvalue weighted by atomic mass is 10.1.